The van der Waals surface area contributed by atoms with Gasteiger partial charge in [0.15, 0.2) is 0 Å². The van der Waals surface area contributed by atoms with Gasteiger partial charge in [-0.15, -0.1) is 0 Å². The van der Waals surface area contributed by atoms with Crippen molar-refractivity contribution in [2.24, 2.45) is 5.92 Å². The van der Waals surface area contributed by atoms with E-state index in [0.717, 1.165) is 0 Å². The van der Waals surface area contributed by atoms with E-state index in [1.165, 1.54) is 44.4 Å². The first-order valence-electron chi connectivity index (χ1n) is 6.73. The third kappa shape index (κ3) is 3.60. The minimum Gasteiger partial charge on any atom is -0.478 e. The molecule has 1 aromatic heterocycles. The number of hydrogen-bond acceptors (Lipinski definition) is 3. The van der Waals surface area contributed by atoms with Crippen molar-refractivity contribution in [3.63, 3.8) is 0 Å². The normalized spacial score (nSPS) is 18.0. The van der Waals surface area contributed by atoms with Gasteiger partial charge in [-0.3, -0.25) is 0 Å². The van der Waals surface area contributed by atoms with Gasteiger partial charge in [0.2, 0.25) is 0 Å². The summed E-state index contributed by atoms with van der Waals surface area (Å²) in [5.74, 6) is 0.205. The minimum absolute atomic E-state index is 0.112. The Bertz CT molecular complexity index is 459. The molecule has 1 aromatic rings. The Kier molecular flexibility index (Phi) is 4.64. The Morgan fingerprint density at radius 1 is 1.47 bits per heavy atom. The molecule has 2 rings (SSSR count). The lowest BCUT2D eigenvalue weighted by atomic mass is 9.84. The van der Waals surface area contributed by atoms with Gasteiger partial charge < -0.3 is 10.4 Å². The quantitative estimate of drug-likeness (QED) is 0.881. The van der Waals surface area contributed by atoms with Crippen LogP contribution in [0.2, 0.25) is 5.02 Å². The summed E-state index contributed by atoms with van der Waals surface area (Å²) in [5.41, 5.74) is 0.112. The van der Waals surface area contributed by atoms with Gasteiger partial charge in [0, 0.05) is 12.2 Å². The second-order valence-electron chi connectivity index (χ2n) is 5.19. The number of anilines is 1. The Labute approximate surface area is 118 Å². The largest absolute Gasteiger partial charge is 0.478 e. The average Bonchev–Trinajstić information content (AvgIpc) is 2.41. The lowest BCUT2D eigenvalue weighted by Gasteiger charge is -2.28. The van der Waals surface area contributed by atoms with Gasteiger partial charge in [-0.1, -0.05) is 30.9 Å². The Morgan fingerprint density at radius 2 is 2.16 bits per heavy atom. The van der Waals surface area contributed by atoms with Crippen molar-refractivity contribution in [2.75, 3.05) is 5.32 Å². The van der Waals surface area contributed by atoms with E-state index in [-0.39, 0.29) is 5.56 Å². The zero-order valence-corrected chi connectivity index (χ0v) is 11.8. The molecule has 0 aliphatic heterocycles. The van der Waals surface area contributed by atoms with Crippen LogP contribution in [0, 0.1) is 5.92 Å². The number of carboxylic acids is 1. The molecular weight excluding hydrogens is 264 g/mol. The van der Waals surface area contributed by atoms with Gasteiger partial charge in [-0.25, -0.2) is 9.78 Å². The van der Waals surface area contributed by atoms with Crippen molar-refractivity contribution in [3.8, 4) is 0 Å². The van der Waals surface area contributed by atoms with Gasteiger partial charge >= 0.3 is 5.97 Å². The van der Waals surface area contributed by atoms with Crippen molar-refractivity contribution < 1.29 is 9.90 Å². The highest BCUT2D eigenvalue weighted by Crippen LogP contribution is 2.29. The zero-order chi connectivity index (χ0) is 13.8. The van der Waals surface area contributed by atoms with Crippen molar-refractivity contribution >= 4 is 23.4 Å². The molecule has 1 fully saturated rings. The number of aromatic nitrogens is 1. The van der Waals surface area contributed by atoms with Gasteiger partial charge in [0.05, 0.1) is 10.6 Å². The van der Waals surface area contributed by atoms with E-state index in [2.05, 4.69) is 17.2 Å². The molecule has 5 heteroatoms. The molecule has 1 aliphatic carbocycles. The maximum absolute atomic E-state index is 10.8. The molecule has 1 aliphatic rings. The number of rotatable bonds is 4. The van der Waals surface area contributed by atoms with Crippen LogP contribution in [0.3, 0.4) is 0 Å². The summed E-state index contributed by atoms with van der Waals surface area (Å²) >= 11 is 6.07. The Hall–Kier alpha value is -1.29. The molecular formula is C14H19ClN2O2. The van der Waals surface area contributed by atoms with Crippen LogP contribution in [0.25, 0.3) is 0 Å². The molecule has 0 saturated heterocycles. The lowest BCUT2D eigenvalue weighted by Crippen LogP contribution is -2.28. The van der Waals surface area contributed by atoms with Crippen molar-refractivity contribution in [3.05, 3.63) is 22.8 Å². The molecule has 2 N–H and O–H groups in total. The molecule has 1 saturated carbocycles. The van der Waals surface area contributed by atoms with Crippen molar-refractivity contribution in [1.29, 1.82) is 0 Å². The fourth-order valence-corrected chi connectivity index (χ4v) is 2.85. The van der Waals surface area contributed by atoms with E-state index < -0.39 is 5.97 Å². The van der Waals surface area contributed by atoms with Crippen LogP contribution in [0.15, 0.2) is 12.3 Å². The molecule has 1 unspecified atom stereocenters. The maximum Gasteiger partial charge on any atom is 0.337 e. The average molecular weight is 283 g/mol. The Morgan fingerprint density at radius 3 is 2.74 bits per heavy atom. The molecule has 1 heterocycles. The summed E-state index contributed by atoms with van der Waals surface area (Å²) in [6.45, 7) is 2.14. The number of nitrogens with one attached hydrogen (secondary N) is 1. The molecule has 0 spiro atoms. The summed E-state index contributed by atoms with van der Waals surface area (Å²) in [5, 5.41) is 12.5. The summed E-state index contributed by atoms with van der Waals surface area (Å²) in [6.07, 6.45) is 7.71. The number of carboxylic acid groups (broad SMARTS) is 1. The maximum atomic E-state index is 10.8. The molecule has 104 valence electrons. The minimum atomic E-state index is -1.01. The SMILES string of the molecule is CC(Nc1ncc(C(=O)O)cc1Cl)C1CCCCC1. The van der Waals surface area contributed by atoms with E-state index >= 15 is 0 Å². The van der Waals surface area contributed by atoms with Crippen LogP contribution in [0.1, 0.15) is 49.4 Å². The monoisotopic (exact) mass is 282 g/mol. The third-order valence-electron chi connectivity index (χ3n) is 3.81. The number of pyridine rings is 1. The van der Waals surface area contributed by atoms with E-state index in [4.69, 9.17) is 16.7 Å². The highest BCUT2D eigenvalue weighted by molar-refractivity contribution is 6.33. The summed E-state index contributed by atoms with van der Waals surface area (Å²) < 4.78 is 0. The molecule has 4 nitrogen and oxygen atoms in total. The summed E-state index contributed by atoms with van der Waals surface area (Å²) in [7, 11) is 0. The fraction of sp³-hybridized carbons (Fsp3) is 0.571. The van der Waals surface area contributed by atoms with E-state index in [0.29, 0.717) is 22.8 Å². The van der Waals surface area contributed by atoms with Gasteiger partial charge in [0.1, 0.15) is 5.82 Å². The Balaban J connectivity index is 2.03. The summed E-state index contributed by atoms with van der Waals surface area (Å²) in [4.78, 5) is 14.9. The summed E-state index contributed by atoms with van der Waals surface area (Å²) in [6, 6.07) is 1.74. The topological polar surface area (TPSA) is 62.2 Å². The number of halogens is 1. The van der Waals surface area contributed by atoms with Crippen molar-refractivity contribution in [2.45, 2.75) is 45.1 Å². The van der Waals surface area contributed by atoms with E-state index in [1.807, 2.05) is 0 Å². The zero-order valence-electron chi connectivity index (χ0n) is 11.0. The van der Waals surface area contributed by atoms with E-state index in [9.17, 15) is 4.79 Å². The number of aromatic carboxylic acids is 1. The predicted octanol–water partition coefficient (Wildman–Crippen LogP) is 3.81. The van der Waals surface area contributed by atoms with Gasteiger partial charge in [-0.2, -0.15) is 0 Å². The second kappa shape index (κ2) is 6.24. The van der Waals surface area contributed by atoms with E-state index in [1.54, 1.807) is 0 Å². The second-order valence-corrected chi connectivity index (χ2v) is 5.60. The molecule has 1 atom stereocenters. The van der Waals surface area contributed by atoms with Crippen LogP contribution < -0.4 is 5.32 Å². The first-order chi connectivity index (χ1) is 9.08. The number of carbonyl (C=O) groups is 1. The lowest BCUT2D eigenvalue weighted by molar-refractivity contribution is 0.0696. The predicted molar refractivity (Wildman–Crippen MR) is 75.9 cm³/mol. The van der Waals surface area contributed by atoms with Gasteiger partial charge in [-0.05, 0) is 31.7 Å². The van der Waals surface area contributed by atoms with Crippen LogP contribution in [-0.2, 0) is 0 Å². The first kappa shape index (κ1) is 14.1. The van der Waals surface area contributed by atoms with Crippen LogP contribution in [-0.4, -0.2) is 22.1 Å². The number of nitrogens with zero attached hydrogens (tertiary/aromatic N) is 1. The number of hydrogen-bond donors (Lipinski definition) is 2. The smallest absolute Gasteiger partial charge is 0.337 e. The third-order valence-corrected chi connectivity index (χ3v) is 4.10. The van der Waals surface area contributed by atoms with Crippen molar-refractivity contribution in [1.82, 2.24) is 4.98 Å². The highest BCUT2D eigenvalue weighted by atomic mass is 35.5. The van der Waals surface area contributed by atoms with Crippen LogP contribution in [0.4, 0.5) is 5.82 Å². The molecule has 0 amide bonds. The standard InChI is InChI=1S/C14H19ClN2O2/c1-9(10-5-3-2-4-6-10)17-13-12(15)7-11(8-16-13)14(18)19/h7-10H,2-6H2,1H3,(H,16,17)(H,18,19). The first-order valence-corrected chi connectivity index (χ1v) is 7.11. The molecule has 0 bridgehead atoms. The molecule has 0 radical (unpaired) electrons. The fourth-order valence-electron chi connectivity index (χ4n) is 2.63. The molecule has 19 heavy (non-hydrogen) atoms. The molecule has 0 aromatic carbocycles. The van der Waals surface area contributed by atoms with Gasteiger partial charge in [0.25, 0.3) is 0 Å². The van der Waals surface area contributed by atoms with Crippen LogP contribution in [0.5, 0.6) is 0 Å². The highest BCUT2D eigenvalue weighted by Gasteiger charge is 2.21. The van der Waals surface area contributed by atoms with Crippen LogP contribution >= 0.6 is 11.6 Å².